The minimum atomic E-state index is -0.928. The largest absolute Gasteiger partial charge is 0.376 e. The van der Waals surface area contributed by atoms with Gasteiger partial charge in [0.2, 0.25) is 0 Å². The third-order valence-electron chi connectivity index (χ3n) is 5.96. The number of carbonyl (C=O) groups excluding carboxylic acids is 1. The molecule has 0 bridgehead atoms. The summed E-state index contributed by atoms with van der Waals surface area (Å²) in [6, 6.07) is 14.2. The summed E-state index contributed by atoms with van der Waals surface area (Å²) in [6.45, 7) is 1.95. The molecule has 158 valence electrons. The maximum atomic E-state index is 13.7. The number of hydrogen-bond acceptors (Lipinski definition) is 2. The van der Waals surface area contributed by atoms with Crippen molar-refractivity contribution in [3.05, 3.63) is 82.4 Å². The van der Waals surface area contributed by atoms with E-state index in [-0.39, 0.29) is 23.4 Å². The topological polar surface area (TPSA) is 55.1 Å². The first kappa shape index (κ1) is 22.1. The van der Waals surface area contributed by atoms with Crippen molar-refractivity contribution < 1.29 is 13.6 Å². The molecule has 0 unspecified atom stereocenters. The molecule has 0 heterocycles. The van der Waals surface area contributed by atoms with E-state index in [4.69, 9.17) is 18.0 Å². The van der Waals surface area contributed by atoms with Crippen molar-refractivity contribution in [2.45, 2.75) is 44.9 Å². The zero-order valence-corrected chi connectivity index (χ0v) is 17.8. The number of halogens is 2. The molecule has 6 heteroatoms. The van der Waals surface area contributed by atoms with Crippen molar-refractivity contribution in [2.24, 2.45) is 11.7 Å². The molecule has 3 nitrogen and oxygen atoms in total. The fourth-order valence-electron chi connectivity index (χ4n) is 4.27. The number of nitrogens with two attached hydrogens (primary N) is 1. The Hall–Kier alpha value is -2.60. The summed E-state index contributed by atoms with van der Waals surface area (Å²) in [7, 11) is 0. The van der Waals surface area contributed by atoms with E-state index in [0.29, 0.717) is 17.1 Å². The average Bonchev–Trinajstić information content (AvgIpc) is 2.74. The first-order valence-corrected chi connectivity index (χ1v) is 10.5. The molecule has 0 atom stereocenters. The van der Waals surface area contributed by atoms with Gasteiger partial charge < -0.3 is 5.73 Å². The van der Waals surface area contributed by atoms with E-state index in [0.717, 1.165) is 43.4 Å². The van der Waals surface area contributed by atoms with Gasteiger partial charge in [-0.15, -0.1) is 0 Å². The molecule has 3 N–H and O–H groups in total. The van der Waals surface area contributed by atoms with Gasteiger partial charge in [0.1, 0.15) is 0 Å². The molecule has 30 heavy (non-hydrogen) atoms. The van der Waals surface area contributed by atoms with Crippen molar-refractivity contribution in [3.63, 3.8) is 0 Å². The maximum absolute atomic E-state index is 13.7. The summed E-state index contributed by atoms with van der Waals surface area (Å²) in [4.78, 5) is 12.8. The lowest BCUT2D eigenvalue weighted by Gasteiger charge is -2.30. The summed E-state index contributed by atoms with van der Waals surface area (Å²) >= 11 is 4.82. The molecule has 1 saturated carbocycles. The van der Waals surface area contributed by atoms with Crippen LogP contribution in [0.25, 0.3) is 0 Å². The van der Waals surface area contributed by atoms with E-state index in [1.165, 1.54) is 11.6 Å². The van der Waals surface area contributed by atoms with Gasteiger partial charge in [0.15, 0.2) is 16.7 Å². The quantitative estimate of drug-likeness (QED) is 0.511. The molecule has 1 aliphatic rings. The predicted octanol–water partition coefficient (Wildman–Crippen LogP) is 5.16. The summed E-state index contributed by atoms with van der Waals surface area (Å²) in [5.74, 6) is -1.44. The molecule has 2 aromatic rings. The smallest absolute Gasteiger partial charge is 0.253 e. The van der Waals surface area contributed by atoms with Gasteiger partial charge in [-0.05, 0) is 79.9 Å². The van der Waals surface area contributed by atoms with E-state index in [9.17, 15) is 13.6 Å². The molecule has 1 aliphatic carbocycles. The highest BCUT2D eigenvalue weighted by Crippen LogP contribution is 2.39. The first-order chi connectivity index (χ1) is 14.3. The number of benzene rings is 2. The van der Waals surface area contributed by atoms with Crippen LogP contribution in [-0.4, -0.2) is 11.0 Å². The van der Waals surface area contributed by atoms with Crippen LogP contribution in [-0.2, 0) is 11.2 Å². The van der Waals surface area contributed by atoms with Crippen molar-refractivity contribution >= 4 is 23.2 Å². The van der Waals surface area contributed by atoms with E-state index in [1.54, 1.807) is 0 Å². The first-order valence-electron chi connectivity index (χ1n) is 10.1. The summed E-state index contributed by atoms with van der Waals surface area (Å²) < 4.78 is 27.0. The second-order valence-electron chi connectivity index (χ2n) is 7.86. The number of carbonyl (C=O) groups is 1. The molecule has 0 radical (unpaired) electrons. The number of amides is 1. The van der Waals surface area contributed by atoms with Crippen molar-refractivity contribution in [1.82, 2.24) is 5.32 Å². The van der Waals surface area contributed by atoms with Crippen LogP contribution in [0.3, 0.4) is 0 Å². The lowest BCUT2D eigenvalue weighted by Crippen LogP contribution is -2.37. The van der Waals surface area contributed by atoms with Gasteiger partial charge in [-0.25, -0.2) is 8.78 Å². The van der Waals surface area contributed by atoms with Gasteiger partial charge in [-0.3, -0.25) is 10.1 Å². The maximum Gasteiger partial charge on any atom is 0.253 e. The lowest BCUT2D eigenvalue weighted by molar-refractivity contribution is -0.116. The summed E-state index contributed by atoms with van der Waals surface area (Å²) in [5.41, 5.74) is 8.85. The van der Waals surface area contributed by atoms with Crippen molar-refractivity contribution in [3.8, 4) is 0 Å². The summed E-state index contributed by atoms with van der Waals surface area (Å²) in [6.07, 6.45) is 4.21. The lowest BCUT2D eigenvalue weighted by atomic mass is 9.75. The molecular weight excluding hydrogens is 402 g/mol. The molecule has 1 amide bonds. The van der Waals surface area contributed by atoms with Crippen LogP contribution in [0.2, 0.25) is 0 Å². The van der Waals surface area contributed by atoms with Gasteiger partial charge in [0, 0.05) is 12.0 Å². The van der Waals surface area contributed by atoms with Crippen molar-refractivity contribution in [2.75, 3.05) is 0 Å². The van der Waals surface area contributed by atoms with Crippen LogP contribution in [0.4, 0.5) is 8.78 Å². The third-order valence-corrected chi connectivity index (χ3v) is 6.06. The van der Waals surface area contributed by atoms with E-state index >= 15 is 0 Å². The van der Waals surface area contributed by atoms with Crippen LogP contribution in [0.1, 0.15) is 49.7 Å². The Balaban J connectivity index is 1.81. The Morgan fingerprint density at radius 1 is 1.07 bits per heavy atom. The SMILES string of the molecule is CC(=C(Cc1ccc(F)c(F)c1)C(=O)NC(N)=S)C1CCC(c2ccccc2)CC1. The monoisotopic (exact) mass is 428 g/mol. The Labute approximate surface area is 181 Å². The Morgan fingerprint density at radius 3 is 2.33 bits per heavy atom. The molecule has 3 rings (SSSR count). The second-order valence-corrected chi connectivity index (χ2v) is 8.30. The number of rotatable bonds is 5. The minimum Gasteiger partial charge on any atom is -0.376 e. The summed E-state index contributed by atoms with van der Waals surface area (Å²) in [5, 5.41) is 2.38. The van der Waals surface area contributed by atoms with Gasteiger partial charge in [0.05, 0.1) is 0 Å². The van der Waals surface area contributed by atoms with Gasteiger partial charge >= 0.3 is 0 Å². The van der Waals surface area contributed by atoms with Gasteiger partial charge in [-0.2, -0.15) is 0 Å². The molecule has 0 aromatic heterocycles. The highest BCUT2D eigenvalue weighted by atomic mass is 32.1. The zero-order chi connectivity index (χ0) is 21.7. The van der Waals surface area contributed by atoms with Gasteiger partial charge in [-0.1, -0.05) is 42.0 Å². The molecule has 1 fully saturated rings. The number of nitrogens with one attached hydrogen (secondary N) is 1. The van der Waals surface area contributed by atoms with E-state index in [2.05, 4.69) is 29.6 Å². The average molecular weight is 429 g/mol. The minimum absolute atomic E-state index is 0.108. The van der Waals surface area contributed by atoms with Crippen LogP contribution < -0.4 is 11.1 Å². The molecule has 0 aliphatic heterocycles. The molecule has 0 saturated heterocycles. The van der Waals surface area contributed by atoms with Crippen molar-refractivity contribution in [1.29, 1.82) is 0 Å². The van der Waals surface area contributed by atoms with E-state index in [1.807, 2.05) is 13.0 Å². The Kier molecular flexibility index (Phi) is 7.32. The highest BCUT2D eigenvalue weighted by Gasteiger charge is 2.26. The van der Waals surface area contributed by atoms with Crippen LogP contribution >= 0.6 is 12.2 Å². The fraction of sp³-hybridized carbons (Fsp3) is 0.333. The Morgan fingerprint density at radius 2 is 1.73 bits per heavy atom. The number of thiocarbonyl (C=S) groups is 1. The molecular formula is C24H26F2N2OS. The molecule has 2 aromatic carbocycles. The van der Waals surface area contributed by atoms with Crippen LogP contribution in [0, 0.1) is 17.6 Å². The van der Waals surface area contributed by atoms with Crippen LogP contribution in [0.15, 0.2) is 59.7 Å². The second kappa shape index (κ2) is 9.94. The predicted molar refractivity (Wildman–Crippen MR) is 119 cm³/mol. The van der Waals surface area contributed by atoms with Gasteiger partial charge in [0.25, 0.3) is 5.91 Å². The number of hydrogen-bond donors (Lipinski definition) is 2. The third kappa shape index (κ3) is 5.51. The zero-order valence-electron chi connectivity index (χ0n) is 17.0. The fourth-order valence-corrected chi connectivity index (χ4v) is 4.36. The van der Waals surface area contributed by atoms with E-state index < -0.39 is 11.6 Å². The molecule has 0 spiro atoms. The Bertz CT molecular complexity index is 951. The number of allylic oxidation sites excluding steroid dienone is 1. The van der Waals surface area contributed by atoms with Crippen LogP contribution in [0.5, 0.6) is 0 Å². The highest BCUT2D eigenvalue weighted by molar-refractivity contribution is 7.80. The normalized spacial score (nSPS) is 19.7. The standard InChI is InChI=1S/C24H26F2N2OS/c1-15(17-8-10-19(11-9-17)18-5-3-2-4-6-18)20(23(29)28-24(27)30)13-16-7-12-21(25)22(26)14-16/h2-7,12,14,17,19H,8-11,13H2,1H3,(H3,27,28,29,30).